The van der Waals surface area contributed by atoms with Crippen LogP contribution in [0, 0.1) is 0 Å². The van der Waals surface area contributed by atoms with Crippen LogP contribution in [0.5, 0.6) is 0 Å². The molecule has 2 heterocycles. The molecule has 2 rings (SSSR count). The van der Waals surface area contributed by atoms with Crippen LogP contribution in [0.2, 0.25) is 0 Å². The lowest BCUT2D eigenvalue weighted by Gasteiger charge is -2.27. The maximum atomic E-state index is 11.6. The monoisotopic (exact) mass is 205 g/mol. The summed E-state index contributed by atoms with van der Waals surface area (Å²) in [5, 5.41) is 0. The Labute approximate surface area is 86.9 Å². The fraction of sp³-hybridized carbons (Fsp3) is 0.300. The molecule has 0 unspecified atom stereocenters. The van der Waals surface area contributed by atoms with Crippen LogP contribution >= 0.6 is 0 Å². The van der Waals surface area contributed by atoms with Gasteiger partial charge in [-0.15, -0.1) is 0 Å². The third-order valence-corrected chi connectivity index (χ3v) is 2.39. The van der Waals surface area contributed by atoms with Gasteiger partial charge in [0.25, 0.3) is 0 Å². The number of nitrogens with zero attached hydrogens (tertiary/aromatic N) is 2. The van der Waals surface area contributed by atoms with Crippen LogP contribution in [0.1, 0.15) is 12.0 Å². The van der Waals surface area contributed by atoms with E-state index in [2.05, 4.69) is 4.98 Å². The molecule has 5 nitrogen and oxygen atoms in total. The van der Waals surface area contributed by atoms with Crippen molar-refractivity contribution in [2.75, 3.05) is 11.4 Å². The van der Waals surface area contributed by atoms with E-state index in [0.717, 1.165) is 11.3 Å². The summed E-state index contributed by atoms with van der Waals surface area (Å²) in [6, 6.07) is 1.73. The van der Waals surface area contributed by atoms with Crippen molar-refractivity contribution in [3.63, 3.8) is 0 Å². The zero-order chi connectivity index (χ0) is 10.8. The van der Waals surface area contributed by atoms with Gasteiger partial charge in [0, 0.05) is 18.8 Å². The second-order valence-electron chi connectivity index (χ2n) is 3.45. The number of carbonyl (C=O) groups is 2. The van der Waals surface area contributed by atoms with Gasteiger partial charge in [-0.2, -0.15) is 0 Å². The lowest BCUT2D eigenvalue weighted by molar-refractivity contribution is -0.122. The number of fused-ring (bicyclic) bond motifs is 1. The van der Waals surface area contributed by atoms with Gasteiger partial charge in [-0.05, 0) is 18.1 Å². The second kappa shape index (κ2) is 3.68. The average molecular weight is 205 g/mol. The first-order valence-corrected chi connectivity index (χ1v) is 4.70. The number of rotatable bonds is 2. The standard InChI is InChI=1S/C10H11N3O2/c11-9(14)6-13-8-3-4-12-5-7(8)1-2-10(13)15/h3-5H,1-2,6H2,(H2,11,14). The number of primary amides is 1. The molecule has 15 heavy (non-hydrogen) atoms. The third kappa shape index (κ3) is 1.81. The highest BCUT2D eigenvalue weighted by Gasteiger charge is 2.24. The summed E-state index contributed by atoms with van der Waals surface area (Å²) in [7, 11) is 0. The van der Waals surface area contributed by atoms with Crippen molar-refractivity contribution in [3.8, 4) is 0 Å². The predicted molar refractivity (Wildman–Crippen MR) is 54.1 cm³/mol. The molecule has 5 heteroatoms. The summed E-state index contributed by atoms with van der Waals surface area (Å²) in [4.78, 5) is 27.8. The molecule has 1 aliphatic rings. The van der Waals surface area contributed by atoms with E-state index in [4.69, 9.17) is 5.73 Å². The molecule has 0 aliphatic carbocycles. The van der Waals surface area contributed by atoms with E-state index in [0.29, 0.717) is 12.8 Å². The van der Waals surface area contributed by atoms with Crippen LogP contribution in [-0.2, 0) is 16.0 Å². The van der Waals surface area contributed by atoms with Crippen LogP contribution in [0.25, 0.3) is 0 Å². The fourth-order valence-electron chi connectivity index (χ4n) is 1.72. The zero-order valence-corrected chi connectivity index (χ0v) is 8.14. The molecule has 1 aromatic heterocycles. The average Bonchev–Trinajstić information content (AvgIpc) is 2.22. The maximum absolute atomic E-state index is 11.6. The number of nitrogens with two attached hydrogens (primary N) is 1. The second-order valence-corrected chi connectivity index (χ2v) is 3.45. The van der Waals surface area contributed by atoms with Crippen molar-refractivity contribution < 1.29 is 9.59 Å². The molecule has 0 radical (unpaired) electrons. The molecule has 0 fully saturated rings. The quantitative estimate of drug-likeness (QED) is 0.729. The summed E-state index contributed by atoms with van der Waals surface area (Å²) >= 11 is 0. The number of anilines is 1. The summed E-state index contributed by atoms with van der Waals surface area (Å²) in [5.41, 5.74) is 6.83. The third-order valence-electron chi connectivity index (χ3n) is 2.39. The Bertz CT molecular complexity index is 417. The van der Waals surface area contributed by atoms with E-state index in [1.165, 1.54) is 4.90 Å². The molecule has 1 aromatic rings. The Hall–Kier alpha value is -1.91. The molecule has 1 aliphatic heterocycles. The van der Waals surface area contributed by atoms with Gasteiger partial charge in [-0.1, -0.05) is 0 Å². The van der Waals surface area contributed by atoms with Gasteiger partial charge in [0.2, 0.25) is 11.8 Å². The molecular formula is C10H11N3O2. The highest BCUT2D eigenvalue weighted by molar-refractivity contribution is 6.00. The number of hydrogen-bond donors (Lipinski definition) is 1. The topological polar surface area (TPSA) is 76.3 Å². The van der Waals surface area contributed by atoms with Gasteiger partial charge in [-0.25, -0.2) is 0 Å². The Morgan fingerprint density at radius 1 is 1.53 bits per heavy atom. The minimum atomic E-state index is -0.506. The van der Waals surface area contributed by atoms with E-state index >= 15 is 0 Å². The molecule has 0 spiro atoms. The van der Waals surface area contributed by atoms with Gasteiger partial charge in [0.15, 0.2) is 0 Å². The number of aryl methyl sites for hydroxylation is 1. The summed E-state index contributed by atoms with van der Waals surface area (Å²) < 4.78 is 0. The van der Waals surface area contributed by atoms with Crippen LogP contribution in [-0.4, -0.2) is 23.3 Å². The van der Waals surface area contributed by atoms with Crippen molar-refractivity contribution in [1.82, 2.24) is 4.98 Å². The number of hydrogen-bond acceptors (Lipinski definition) is 3. The van der Waals surface area contributed by atoms with E-state index in [9.17, 15) is 9.59 Å². The van der Waals surface area contributed by atoms with E-state index < -0.39 is 5.91 Å². The molecule has 0 saturated heterocycles. The molecule has 0 saturated carbocycles. The normalized spacial score (nSPS) is 14.9. The van der Waals surface area contributed by atoms with Crippen molar-refractivity contribution in [2.45, 2.75) is 12.8 Å². The van der Waals surface area contributed by atoms with Crippen LogP contribution < -0.4 is 10.6 Å². The smallest absolute Gasteiger partial charge is 0.237 e. The SMILES string of the molecule is NC(=O)CN1C(=O)CCc2cnccc21. The lowest BCUT2D eigenvalue weighted by Crippen LogP contribution is -2.41. The number of carbonyl (C=O) groups excluding carboxylic acids is 2. The van der Waals surface area contributed by atoms with Gasteiger partial charge in [0.1, 0.15) is 6.54 Å². The van der Waals surface area contributed by atoms with Crippen LogP contribution in [0.15, 0.2) is 18.5 Å². The fourth-order valence-corrected chi connectivity index (χ4v) is 1.72. The van der Waals surface area contributed by atoms with Gasteiger partial charge in [-0.3, -0.25) is 14.6 Å². The Balaban J connectivity index is 2.37. The molecular weight excluding hydrogens is 194 g/mol. The lowest BCUT2D eigenvalue weighted by atomic mass is 10.0. The molecule has 0 bridgehead atoms. The summed E-state index contributed by atoms with van der Waals surface area (Å²) in [6.45, 7) is -0.0597. The highest BCUT2D eigenvalue weighted by atomic mass is 16.2. The minimum Gasteiger partial charge on any atom is -0.368 e. The van der Waals surface area contributed by atoms with Crippen LogP contribution in [0.4, 0.5) is 5.69 Å². The molecule has 2 N–H and O–H groups in total. The Morgan fingerprint density at radius 2 is 2.33 bits per heavy atom. The van der Waals surface area contributed by atoms with Gasteiger partial charge >= 0.3 is 0 Å². The first-order valence-electron chi connectivity index (χ1n) is 4.70. The Kier molecular flexibility index (Phi) is 2.37. The zero-order valence-electron chi connectivity index (χ0n) is 8.14. The first-order chi connectivity index (χ1) is 7.18. The van der Waals surface area contributed by atoms with Crippen LogP contribution in [0.3, 0.4) is 0 Å². The molecule has 0 aromatic carbocycles. The van der Waals surface area contributed by atoms with E-state index in [1.807, 2.05) is 0 Å². The van der Waals surface area contributed by atoms with Gasteiger partial charge < -0.3 is 10.6 Å². The first kappa shape index (κ1) is 9.64. The number of aromatic nitrogens is 1. The summed E-state index contributed by atoms with van der Waals surface area (Å²) in [5.74, 6) is -0.569. The van der Waals surface area contributed by atoms with Crippen molar-refractivity contribution in [2.24, 2.45) is 5.73 Å². The highest BCUT2D eigenvalue weighted by Crippen LogP contribution is 2.25. The van der Waals surface area contributed by atoms with E-state index in [1.54, 1.807) is 18.5 Å². The minimum absolute atomic E-state index is 0.0597. The van der Waals surface area contributed by atoms with Crippen molar-refractivity contribution in [3.05, 3.63) is 24.0 Å². The largest absolute Gasteiger partial charge is 0.368 e. The Morgan fingerprint density at radius 3 is 3.07 bits per heavy atom. The number of amides is 2. The van der Waals surface area contributed by atoms with Gasteiger partial charge in [0.05, 0.1) is 5.69 Å². The molecule has 78 valence electrons. The predicted octanol–water partition coefficient (Wildman–Crippen LogP) is -0.154. The van der Waals surface area contributed by atoms with Crippen molar-refractivity contribution in [1.29, 1.82) is 0 Å². The molecule has 2 amide bonds. The maximum Gasteiger partial charge on any atom is 0.237 e. The van der Waals surface area contributed by atoms with E-state index in [-0.39, 0.29) is 12.5 Å². The number of pyridine rings is 1. The summed E-state index contributed by atoms with van der Waals surface area (Å²) in [6.07, 6.45) is 4.41. The van der Waals surface area contributed by atoms with Crippen molar-refractivity contribution >= 4 is 17.5 Å². The molecule has 0 atom stereocenters.